The zero-order chi connectivity index (χ0) is 22.9. The van der Waals surface area contributed by atoms with E-state index in [1.54, 1.807) is 12.4 Å². The second-order valence-electron chi connectivity index (χ2n) is 8.18. The van der Waals surface area contributed by atoms with Crippen molar-refractivity contribution in [3.63, 3.8) is 0 Å². The van der Waals surface area contributed by atoms with Crippen molar-refractivity contribution in [1.29, 1.82) is 0 Å². The minimum atomic E-state index is -0.927. The number of alkyl halides is 2. The van der Waals surface area contributed by atoms with Gasteiger partial charge in [0, 0.05) is 5.56 Å². The molecule has 0 amide bonds. The summed E-state index contributed by atoms with van der Waals surface area (Å²) in [7, 11) is 0. The van der Waals surface area contributed by atoms with E-state index in [1.807, 2.05) is 24.3 Å². The van der Waals surface area contributed by atoms with Crippen molar-refractivity contribution in [2.24, 2.45) is 0 Å². The average molecular weight is 449 g/mol. The maximum absolute atomic E-state index is 13.9. The Kier molecular flexibility index (Phi) is 13.3. The molecule has 6 heteroatoms. The highest BCUT2D eigenvalue weighted by Gasteiger charge is 2.08. The van der Waals surface area contributed by atoms with E-state index in [4.69, 9.17) is 9.47 Å². The molecular formula is C26H38F2N2O2. The summed E-state index contributed by atoms with van der Waals surface area (Å²) in [5.74, 6) is 1.91. The van der Waals surface area contributed by atoms with Gasteiger partial charge in [-0.05, 0) is 43.5 Å². The Labute approximate surface area is 191 Å². The van der Waals surface area contributed by atoms with Gasteiger partial charge in [-0.25, -0.2) is 14.4 Å². The van der Waals surface area contributed by atoms with E-state index in [9.17, 15) is 8.78 Å². The van der Waals surface area contributed by atoms with Crippen LogP contribution in [0.1, 0.15) is 77.6 Å². The molecular weight excluding hydrogens is 410 g/mol. The van der Waals surface area contributed by atoms with Crippen molar-refractivity contribution in [2.75, 3.05) is 19.9 Å². The van der Waals surface area contributed by atoms with Crippen molar-refractivity contribution < 1.29 is 18.3 Å². The van der Waals surface area contributed by atoms with E-state index >= 15 is 0 Å². The molecule has 1 aromatic heterocycles. The van der Waals surface area contributed by atoms with E-state index in [2.05, 4.69) is 16.9 Å². The van der Waals surface area contributed by atoms with Gasteiger partial charge in [0.1, 0.15) is 18.5 Å². The van der Waals surface area contributed by atoms with E-state index in [-0.39, 0.29) is 13.3 Å². The number of benzene rings is 1. The summed E-state index contributed by atoms with van der Waals surface area (Å²) in [5.41, 5.74) is 0.869. The molecule has 1 heterocycles. The third kappa shape index (κ3) is 10.9. The number of nitrogens with zero attached hydrogens (tertiary/aromatic N) is 2. The Morgan fingerprint density at radius 3 is 2.12 bits per heavy atom. The van der Waals surface area contributed by atoms with Crippen LogP contribution < -0.4 is 9.47 Å². The summed E-state index contributed by atoms with van der Waals surface area (Å²) in [6.07, 6.45) is 13.2. The van der Waals surface area contributed by atoms with Crippen molar-refractivity contribution in [3.8, 4) is 22.9 Å². The Hall–Kier alpha value is -2.24. The monoisotopic (exact) mass is 448 g/mol. The molecule has 2 rings (SSSR count). The summed E-state index contributed by atoms with van der Waals surface area (Å²) in [4.78, 5) is 8.76. The molecule has 178 valence electrons. The number of ether oxygens (including phenoxy) is 2. The van der Waals surface area contributed by atoms with Crippen LogP contribution in [-0.2, 0) is 0 Å². The van der Waals surface area contributed by atoms with Crippen LogP contribution in [0.4, 0.5) is 8.78 Å². The summed E-state index contributed by atoms with van der Waals surface area (Å²) in [5, 5.41) is 0. The molecule has 1 atom stereocenters. The van der Waals surface area contributed by atoms with Gasteiger partial charge in [0.2, 0.25) is 0 Å². The molecule has 32 heavy (non-hydrogen) atoms. The number of hydrogen-bond acceptors (Lipinski definition) is 4. The first-order chi connectivity index (χ1) is 15.7. The highest BCUT2D eigenvalue weighted by atomic mass is 19.1. The van der Waals surface area contributed by atoms with E-state index < -0.39 is 6.17 Å². The molecule has 1 unspecified atom stereocenters. The second kappa shape index (κ2) is 16.4. The molecule has 4 nitrogen and oxygen atoms in total. The van der Waals surface area contributed by atoms with Crippen molar-refractivity contribution in [2.45, 2.75) is 83.7 Å². The molecule has 0 spiro atoms. The Bertz CT molecular complexity index is 711. The number of halogens is 2. The molecule has 1 aromatic carbocycles. The molecule has 0 N–H and O–H groups in total. The minimum absolute atomic E-state index is 0.0889. The fraction of sp³-hybridized carbons (Fsp3) is 0.615. The fourth-order valence-electron chi connectivity index (χ4n) is 3.40. The number of hydrogen-bond donors (Lipinski definition) is 0. The standard InChI is InChI=1S/C26H38F2N2O2/c1-2-3-4-9-12-23(28)21-32-24-15-13-22(14-16-24)26-29-19-25(20-30-26)31-18-11-8-6-5-7-10-17-27/h13-16,19-20,23H,2-12,17-18,21H2,1H3. The lowest BCUT2D eigenvalue weighted by atomic mass is 10.1. The van der Waals surface area contributed by atoms with Gasteiger partial charge in [-0.3, -0.25) is 4.39 Å². The molecule has 0 saturated heterocycles. The van der Waals surface area contributed by atoms with Crippen LogP contribution in [0.15, 0.2) is 36.7 Å². The van der Waals surface area contributed by atoms with E-state index in [0.29, 0.717) is 36.8 Å². The zero-order valence-corrected chi connectivity index (χ0v) is 19.4. The van der Waals surface area contributed by atoms with Gasteiger partial charge in [0.05, 0.1) is 25.7 Å². The highest BCUT2D eigenvalue weighted by Crippen LogP contribution is 2.21. The van der Waals surface area contributed by atoms with Crippen molar-refractivity contribution >= 4 is 0 Å². The number of rotatable bonds is 18. The van der Waals surface area contributed by atoms with Crippen LogP contribution in [0, 0.1) is 0 Å². The normalized spacial score (nSPS) is 12.0. The summed E-state index contributed by atoms with van der Waals surface area (Å²) < 4.78 is 37.2. The fourth-order valence-corrected chi connectivity index (χ4v) is 3.40. The van der Waals surface area contributed by atoms with Gasteiger partial charge in [-0.15, -0.1) is 0 Å². The highest BCUT2D eigenvalue weighted by molar-refractivity contribution is 5.56. The van der Waals surface area contributed by atoms with Crippen LogP contribution >= 0.6 is 0 Å². The topological polar surface area (TPSA) is 44.2 Å². The first-order valence-electron chi connectivity index (χ1n) is 12.1. The average Bonchev–Trinajstić information content (AvgIpc) is 2.83. The van der Waals surface area contributed by atoms with E-state index in [1.165, 1.54) is 0 Å². The van der Waals surface area contributed by atoms with Crippen LogP contribution in [0.5, 0.6) is 11.5 Å². The van der Waals surface area contributed by atoms with Gasteiger partial charge in [-0.2, -0.15) is 0 Å². The van der Waals surface area contributed by atoms with Gasteiger partial charge in [0.15, 0.2) is 11.6 Å². The van der Waals surface area contributed by atoms with Gasteiger partial charge < -0.3 is 9.47 Å². The predicted molar refractivity (Wildman–Crippen MR) is 126 cm³/mol. The summed E-state index contributed by atoms with van der Waals surface area (Å²) >= 11 is 0. The van der Waals surface area contributed by atoms with E-state index in [0.717, 1.165) is 63.4 Å². The molecule has 0 aliphatic carbocycles. The third-order valence-electron chi connectivity index (χ3n) is 5.34. The smallest absolute Gasteiger partial charge is 0.159 e. The number of unbranched alkanes of at least 4 members (excludes halogenated alkanes) is 8. The minimum Gasteiger partial charge on any atom is -0.491 e. The van der Waals surface area contributed by atoms with Crippen LogP contribution in [0.25, 0.3) is 11.4 Å². The summed E-state index contributed by atoms with van der Waals surface area (Å²) in [6.45, 7) is 2.66. The lowest BCUT2D eigenvalue weighted by Crippen LogP contribution is -2.12. The first-order valence-corrected chi connectivity index (χ1v) is 12.1. The Morgan fingerprint density at radius 1 is 0.781 bits per heavy atom. The molecule has 0 radical (unpaired) electrons. The van der Waals surface area contributed by atoms with Crippen LogP contribution in [-0.4, -0.2) is 36.0 Å². The van der Waals surface area contributed by atoms with Gasteiger partial charge in [0.25, 0.3) is 0 Å². The molecule has 0 fully saturated rings. The molecule has 0 saturated carbocycles. The second-order valence-corrected chi connectivity index (χ2v) is 8.18. The van der Waals surface area contributed by atoms with Crippen LogP contribution in [0.2, 0.25) is 0 Å². The summed E-state index contributed by atoms with van der Waals surface area (Å²) in [6, 6.07) is 7.40. The molecule has 0 bridgehead atoms. The lowest BCUT2D eigenvalue weighted by molar-refractivity contribution is 0.184. The first kappa shape index (κ1) is 26.0. The van der Waals surface area contributed by atoms with Gasteiger partial charge >= 0.3 is 0 Å². The Balaban J connectivity index is 1.67. The quantitative estimate of drug-likeness (QED) is 0.221. The van der Waals surface area contributed by atoms with Crippen molar-refractivity contribution in [1.82, 2.24) is 9.97 Å². The molecule has 2 aromatic rings. The van der Waals surface area contributed by atoms with Crippen molar-refractivity contribution in [3.05, 3.63) is 36.7 Å². The maximum Gasteiger partial charge on any atom is 0.159 e. The van der Waals surface area contributed by atoms with Gasteiger partial charge in [-0.1, -0.05) is 58.3 Å². The lowest BCUT2D eigenvalue weighted by Gasteiger charge is -2.11. The third-order valence-corrected chi connectivity index (χ3v) is 5.34. The zero-order valence-electron chi connectivity index (χ0n) is 19.4. The number of aromatic nitrogens is 2. The maximum atomic E-state index is 13.9. The van der Waals surface area contributed by atoms with Crippen LogP contribution in [0.3, 0.4) is 0 Å². The molecule has 0 aliphatic rings. The molecule has 0 aliphatic heterocycles. The Morgan fingerprint density at radius 2 is 1.44 bits per heavy atom. The predicted octanol–water partition coefficient (Wildman–Crippen LogP) is 7.52. The largest absolute Gasteiger partial charge is 0.491 e. The SMILES string of the molecule is CCCCCCC(F)COc1ccc(-c2ncc(OCCCCCCCCF)cn2)cc1.